The van der Waals surface area contributed by atoms with Gasteiger partial charge in [-0.25, -0.2) is 9.18 Å². The monoisotopic (exact) mass is 570 g/mol. The Labute approximate surface area is 244 Å². The molecular formula is C34H35FN2O5. The molecule has 0 aliphatic carbocycles. The Kier molecular flexibility index (Phi) is 8.14. The van der Waals surface area contributed by atoms with Crippen LogP contribution in [0.2, 0.25) is 0 Å². The normalized spacial score (nSPS) is 17.5. The van der Waals surface area contributed by atoms with E-state index in [1.165, 1.54) is 12.1 Å². The van der Waals surface area contributed by atoms with Crippen molar-refractivity contribution in [1.82, 2.24) is 9.05 Å². The molecule has 218 valence electrons. The van der Waals surface area contributed by atoms with Gasteiger partial charge in [0.05, 0.1) is 24.9 Å². The average Bonchev–Trinajstić information content (AvgIpc) is 3.31. The Morgan fingerprint density at radius 2 is 1.57 bits per heavy atom. The molecule has 1 unspecified atom stereocenters. The number of aliphatic carboxylic acids is 1. The number of rotatable bonds is 10. The van der Waals surface area contributed by atoms with Crippen LogP contribution in [0.25, 0.3) is 22.4 Å². The molecule has 3 atom stereocenters. The second kappa shape index (κ2) is 11.6. The Balaban J connectivity index is 1.73. The van der Waals surface area contributed by atoms with Gasteiger partial charge in [0.2, 0.25) is 0 Å². The van der Waals surface area contributed by atoms with Crippen molar-refractivity contribution in [3.8, 4) is 22.4 Å². The summed E-state index contributed by atoms with van der Waals surface area (Å²) < 4.78 is 16.0. The number of carboxylic acids is 1. The minimum Gasteiger partial charge on any atom is -0.550 e. The molecule has 0 bridgehead atoms. The van der Waals surface area contributed by atoms with Crippen molar-refractivity contribution < 1.29 is 29.3 Å². The molecule has 5 rings (SSSR count). The first-order valence-corrected chi connectivity index (χ1v) is 14.2. The minimum absolute atomic E-state index is 0.0609. The van der Waals surface area contributed by atoms with E-state index in [1.54, 1.807) is 12.1 Å². The number of carboxylic acid groups (broad SMARTS) is 1. The van der Waals surface area contributed by atoms with Gasteiger partial charge in [0.15, 0.2) is 5.69 Å². The van der Waals surface area contributed by atoms with E-state index >= 15 is 0 Å². The van der Waals surface area contributed by atoms with E-state index < -0.39 is 24.6 Å². The molecule has 1 aliphatic rings. The summed E-state index contributed by atoms with van der Waals surface area (Å²) in [5.74, 6) is -1.94. The Morgan fingerprint density at radius 3 is 2.21 bits per heavy atom. The highest BCUT2D eigenvalue weighted by molar-refractivity contribution is 6.19. The molecule has 8 heteroatoms. The smallest absolute Gasteiger partial charge is 0.358 e. The molecule has 0 saturated carbocycles. The number of para-hydroxylation sites is 2. The van der Waals surface area contributed by atoms with Gasteiger partial charge in [-0.05, 0) is 54.7 Å². The Hall–Kier alpha value is -4.11. The summed E-state index contributed by atoms with van der Waals surface area (Å²) in [5.41, 5.74) is 6.16. The zero-order valence-electron chi connectivity index (χ0n) is 24.0. The fraction of sp³-hybridized carbons (Fsp3) is 0.294. The lowest BCUT2D eigenvalue weighted by atomic mass is 9.88. The predicted molar refractivity (Wildman–Crippen MR) is 158 cm³/mol. The van der Waals surface area contributed by atoms with Crippen molar-refractivity contribution in [3.63, 3.8) is 0 Å². The van der Waals surface area contributed by atoms with Crippen LogP contribution < -0.4 is 9.59 Å². The molecule has 1 aliphatic heterocycles. The van der Waals surface area contributed by atoms with Crippen molar-refractivity contribution >= 4 is 23.3 Å². The maximum absolute atomic E-state index is 14.8. The van der Waals surface area contributed by atoms with Crippen molar-refractivity contribution in [2.75, 3.05) is 7.05 Å². The number of aliphatic hydroxyl groups is 2. The molecule has 0 spiro atoms. The fourth-order valence-corrected chi connectivity index (χ4v) is 6.23. The van der Waals surface area contributed by atoms with Gasteiger partial charge in [-0.2, -0.15) is 4.48 Å². The van der Waals surface area contributed by atoms with Gasteiger partial charge in [-0.1, -0.05) is 44.2 Å². The number of quaternary nitrogens is 1. The zero-order chi connectivity index (χ0) is 30.2. The average molecular weight is 571 g/mol. The number of carbonyl (C=O) groups is 2. The highest BCUT2D eigenvalue weighted by atomic mass is 19.1. The molecule has 7 nitrogen and oxygen atoms in total. The van der Waals surface area contributed by atoms with E-state index in [0.29, 0.717) is 5.56 Å². The minimum atomic E-state index is -1.38. The Bertz CT molecular complexity index is 1610. The number of hydrogen-bond donors (Lipinski definition) is 2. The van der Waals surface area contributed by atoms with E-state index in [4.69, 9.17) is 0 Å². The molecule has 2 N–H and O–H groups in total. The van der Waals surface area contributed by atoms with Gasteiger partial charge < -0.3 is 24.7 Å². The molecule has 2 heterocycles. The molecular weight excluding hydrogens is 535 g/mol. The summed E-state index contributed by atoms with van der Waals surface area (Å²) in [6.45, 7) is 4.32. The first-order valence-electron chi connectivity index (χ1n) is 14.2. The number of carbonyl (C=O) groups excluding carboxylic acids is 2. The summed E-state index contributed by atoms with van der Waals surface area (Å²) in [6, 6.07) is 23.6. The zero-order valence-corrected chi connectivity index (χ0v) is 24.0. The van der Waals surface area contributed by atoms with E-state index in [0.717, 1.165) is 39.5 Å². The largest absolute Gasteiger partial charge is 0.550 e. The van der Waals surface area contributed by atoms with E-state index in [1.807, 2.05) is 80.1 Å². The maximum atomic E-state index is 14.8. The highest BCUT2D eigenvalue weighted by Crippen LogP contribution is 2.53. The van der Waals surface area contributed by atoms with Crippen LogP contribution in [-0.2, 0) is 11.3 Å². The lowest BCUT2D eigenvalue weighted by Gasteiger charge is -2.36. The number of benzene rings is 3. The summed E-state index contributed by atoms with van der Waals surface area (Å²) in [7, 11) is 1.90. The maximum Gasteiger partial charge on any atom is 0.358 e. The Morgan fingerprint density at radius 1 is 0.929 bits per heavy atom. The molecule has 3 aromatic carbocycles. The molecule has 42 heavy (non-hydrogen) atoms. The van der Waals surface area contributed by atoms with Crippen molar-refractivity contribution in [2.24, 2.45) is 0 Å². The van der Waals surface area contributed by atoms with Crippen LogP contribution in [0.1, 0.15) is 55.1 Å². The summed E-state index contributed by atoms with van der Waals surface area (Å²) in [6.07, 6.45) is -2.71. The standard InChI is InChI=1S/C34H35FN2O5/c1-21(2)32-31-30(27-11-7-8-12-28(27)37(3,34(31)42)24-9-5-4-6-10-24)33(22-13-15-23(35)16-14-22)36(32)18-17-25(38)19-26(39)20-29(40)41/h4-16,21,25-26,38-39H,17-20H2,1-3H3/t25-,26-,37?/m1/s1. The first kappa shape index (κ1) is 29.4. The summed E-state index contributed by atoms with van der Waals surface area (Å²) in [4.78, 5) is 25.7. The quantitative estimate of drug-likeness (QED) is 0.257. The second-order valence-corrected chi connectivity index (χ2v) is 11.4. The van der Waals surface area contributed by atoms with E-state index in [9.17, 15) is 29.3 Å². The fourth-order valence-electron chi connectivity index (χ4n) is 6.23. The molecule has 4 aromatic rings. The van der Waals surface area contributed by atoms with Crippen LogP contribution in [0.3, 0.4) is 0 Å². The van der Waals surface area contributed by atoms with Gasteiger partial charge >= 0.3 is 5.91 Å². The van der Waals surface area contributed by atoms with Gasteiger partial charge in [-0.3, -0.25) is 0 Å². The van der Waals surface area contributed by atoms with Gasteiger partial charge in [0.25, 0.3) is 0 Å². The van der Waals surface area contributed by atoms with Gasteiger partial charge in [0.1, 0.15) is 17.1 Å². The van der Waals surface area contributed by atoms with Crippen molar-refractivity contribution in [2.45, 2.75) is 57.8 Å². The number of aromatic nitrogens is 1. The van der Waals surface area contributed by atoms with Crippen LogP contribution >= 0.6 is 0 Å². The van der Waals surface area contributed by atoms with Crippen LogP contribution in [0.4, 0.5) is 15.8 Å². The van der Waals surface area contributed by atoms with Crippen molar-refractivity contribution in [3.05, 3.63) is 95.9 Å². The summed E-state index contributed by atoms with van der Waals surface area (Å²) >= 11 is 0. The third-order valence-electron chi connectivity index (χ3n) is 8.15. The van der Waals surface area contributed by atoms with Crippen LogP contribution in [0, 0.1) is 5.82 Å². The molecule has 0 saturated heterocycles. The SMILES string of the molecule is CC(C)c1c2c(c(-c3ccc(F)cc3)n1CC[C@@H](O)C[C@@H](O)CC(=O)[O-])-c1ccccc1[N+](C)(c1ccccc1)C2=O. The third kappa shape index (κ3) is 5.17. The number of halogens is 1. The molecule has 0 radical (unpaired) electrons. The lowest BCUT2D eigenvalue weighted by Crippen LogP contribution is -2.48. The van der Waals surface area contributed by atoms with Crippen LogP contribution in [-0.4, -0.2) is 45.9 Å². The number of hydrogen-bond acceptors (Lipinski definition) is 5. The van der Waals surface area contributed by atoms with Gasteiger partial charge in [0, 0.05) is 54.0 Å². The van der Waals surface area contributed by atoms with E-state index in [2.05, 4.69) is 0 Å². The number of aliphatic hydroxyl groups excluding tert-OH is 2. The number of amides is 1. The van der Waals surface area contributed by atoms with Gasteiger partial charge in [-0.15, -0.1) is 0 Å². The third-order valence-corrected chi connectivity index (χ3v) is 8.15. The number of fused-ring (bicyclic) bond motifs is 3. The highest BCUT2D eigenvalue weighted by Gasteiger charge is 2.49. The molecule has 1 aromatic heterocycles. The van der Waals surface area contributed by atoms with Crippen molar-refractivity contribution in [1.29, 1.82) is 0 Å². The molecule has 0 fully saturated rings. The number of nitrogens with zero attached hydrogens (tertiary/aromatic N) is 2. The van der Waals surface area contributed by atoms with E-state index in [-0.39, 0.29) is 41.5 Å². The summed E-state index contributed by atoms with van der Waals surface area (Å²) in [5, 5.41) is 31.7. The van der Waals surface area contributed by atoms with Crippen LogP contribution in [0.5, 0.6) is 0 Å². The lowest BCUT2D eigenvalue weighted by molar-refractivity contribution is -0.307. The first-order chi connectivity index (χ1) is 20.0. The van der Waals surface area contributed by atoms with Crippen LogP contribution in [0.15, 0.2) is 78.9 Å². The predicted octanol–water partition coefficient (Wildman–Crippen LogP) is 5.15. The second-order valence-electron chi connectivity index (χ2n) is 11.4. The topological polar surface area (TPSA) is 103 Å². The molecule has 1 amide bonds.